The number of carbonyl (C=O) groups excluding carboxylic acids is 1. The summed E-state index contributed by atoms with van der Waals surface area (Å²) < 4.78 is 0. The molecule has 2 aromatic rings. The largest absolute Gasteiger partial charge is 0.395 e. The van der Waals surface area contributed by atoms with Gasteiger partial charge in [0, 0.05) is 43.3 Å². The van der Waals surface area contributed by atoms with Crippen LogP contribution in [0, 0.1) is 11.8 Å². The third-order valence-corrected chi connectivity index (χ3v) is 5.07. The number of piperazine rings is 1. The monoisotopic (exact) mass is 375 g/mol. The number of aliphatic hydroxyl groups excluding tert-OH is 1. The zero-order valence-corrected chi connectivity index (χ0v) is 15.2. The summed E-state index contributed by atoms with van der Waals surface area (Å²) in [5.74, 6) is 5.99. The number of nitrogens with zero attached hydrogens (tertiary/aromatic N) is 3. The van der Waals surface area contributed by atoms with Gasteiger partial charge < -0.3 is 10.0 Å². The molecule has 0 unspecified atom stereocenters. The predicted molar refractivity (Wildman–Crippen MR) is 99.0 cm³/mol. The maximum Gasteiger partial charge on any atom is 0.265 e. The summed E-state index contributed by atoms with van der Waals surface area (Å²) in [5.41, 5.74) is 0.815. The number of aliphatic hydroxyl groups is 1. The van der Waals surface area contributed by atoms with Crippen molar-refractivity contribution in [1.82, 2.24) is 14.8 Å². The van der Waals surface area contributed by atoms with Crippen molar-refractivity contribution in [3.63, 3.8) is 0 Å². The third-order valence-electron chi connectivity index (χ3n) is 3.93. The Labute approximate surface area is 155 Å². The van der Waals surface area contributed by atoms with Gasteiger partial charge in [-0.2, -0.15) is 0 Å². The number of halogens is 1. The molecule has 0 atom stereocenters. The smallest absolute Gasteiger partial charge is 0.265 e. The van der Waals surface area contributed by atoms with E-state index in [1.807, 2.05) is 17.0 Å². The Bertz CT molecular complexity index is 804. The lowest BCUT2D eigenvalue weighted by atomic mass is 10.2. The molecule has 1 N–H and O–H groups in total. The van der Waals surface area contributed by atoms with Crippen LogP contribution < -0.4 is 0 Å². The molecule has 1 aliphatic rings. The highest BCUT2D eigenvalue weighted by Gasteiger charge is 2.23. The SMILES string of the molecule is O=C(c1cnc(C#Cc2cccc(Cl)c2)s1)N1CCN(CCO)CC1. The normalized spacial score (nSPS) is 14.9. The third kappa shape index (κ3) is 4.80. The van der Waals surface area contributed by atoms with Crippen molar-refractivity contribution in [3.05, 3.63) is 50.9 Å². The fraction of sp³-hybridized carbons (Fsp3) is 0.333. The molecule has 0 radical (unpaired) electrons. The Kier molecular flexibility index (Phi) is 6.05. The van der Waals surface area contributed by atoms with Crippen molar-refractivity contribution in [1.29, 1.82) is 0 Å². The molecular formula is C18H18ClN3O2S. The first-order valence-corrected chi connectivity index (χ1v) is 9.21. The van der Waals surface area contributed by atoms with Crippen molar-refractivity contribution < 1.29 is 9.90 Å². The Morgan fingerprint density at radius 2 is 2.08 bits per heavy atom. The van der Waals surface area contributed by atoms with Crippen molar-refractivity contribution in [2.24, 2.45) is 0 Å². The van der Waals surface area contributed by atoms with E-state index < -0.39 is 0 Å². The van der Waals surface area contributed by atoms with Gasteiger partial charge in [-0.3, -0.25) is 9.69 Å². The van der Waals surface area contributed by atoms with Crippen molar-refractivity contribution in [2.45, 2.75) is 0 Å². The average Bonchev–Trinajstić information content (AvgIpc) is 3.09. The number of carbonyl (C=O) groups is 1. The summed E-state index contributed by atoms with van der Waals surface area (Å²) in [6, 6.07) is 7.32. The van der Waals surface area contributed by atoms with Crippen LogP contribution in [-0.2, 0) is 0 Å². The van der Waals surface area contributed by atoms with Gasteiger partial charge in [0.1, 0.15) is 4.88 Å². The fourth-order valence-corrected chi connectivity index (χ4v) is 3.52. The van der Waals surface area contributed by atoms with Crippen LogP contribution in [0.15, 0.2) is 30.5 Å². The molecule has 1 aromatic carbocycles. The highest BCUT2D eigenvalue weighted by Crippen LogP contribution is 2.16. The van der Waals surface area contributed by atoms with E-state index in [2.05, 4.69) is 21.7 Å². The maximum atomic E-state index is 12.6. The molecule has 3 rings (SSSR count). The first kappa shape index (κ1) is 17.9. The van der Waals surface area contributed by atoms with Gasteiger partial charge in [-0.05, 0) is 24.1 Å². The minimum absolute atomic E-state index is 0.00282. The number of amides is 1. The molecule has 0 bridgehead atoms. The first-order valence-electron chi connectivity index (χ1n) is 8.01. The van der Waals surface area contributed by atoms with Crippen LogP contribution in [0.4, 0.5) is 0 Å². The lowest BCUT2D eigenvalue weighted by Gasteiger charge is -2.34. The second kappa shape index (κ2) is 8.45. The average molecular weight is 376 g/mol. The van der Waals surface area contributed by atoms with E-state index in [-0.39, 0.29) is 12.5 Å². The van der Waals surface area contributed by atoms with Crippen LogP contribution in [0.5, 0.6) is 0 Å². The van der Waals surface area contributed by atoms with Gasteiger partial charge in [0.05, 0.1) is 12.8 Å². The van der Waals surface area contributed by atoms with Gasteiger partial charge in [-0.25, -0.2) is 4.98 Å². The molecule has 0 spiro atoms. The number of rotatable bonds is 3. The first-order chi connectivity index (χ1) is 12.2. The van der Waals surface area contributed by atoms with Crippen LogP contribution in [0.25, 0.3) is 0 Å². The van der Waals surface area contributed by atoms with E-state index in [1.54, 1.807) is 18.3 Å². The van der Waals surface area contributed by atoms with Crippen molar-refractivity contribution >= 4 is 28.8 Å². The summed E-state index contributed by atoms with van der Waals surface area (Å²) in [4.78, 5) is 21.4. The van der Waals surface area contributed by atoms with Crippen LogP contribution >= 0.6 is 22.9 Å². The van der Waals surface area contributed by atoms with Gasteiger partial charge in [-0.15, -0.1) is 11.3 Å². The standard InChI is InChI=1S/C18H18ClN3O2S/c19-15-3-1-2-14(12-15)4-5-17-20-13-16(25-17)18(24)22-8-6-21(7-9-22)10-11-23/h1-3,12-13,23H,6-11H2. The fourth-order valence-electron chi connectivity index (χ4n) is 2.59. The quantitative estimate of drug-likeness (QED) is 0.833. The molecule has 130 valence electrons. The topological polar surface area (TPSA) is 56.7 Å². The minimum atomic E-state index is -0.00282. The number of thiazole rings is 1. The molecule has 0 aliphatic carbocycles. The van der Waals surface area contributed by atoms with E-state index in [4.69, 9.17) is 16.7 Å². The van der Waals surface area contributed by atoms with Gasteiger partial charge in [0.25, 0.3) is 5.91 Å². The van der Waals surface area contributed by atoms with Crippen molar-refractivity contribution in [2.75, 3.05) is 39.3 Å². The Morgan fingerprint density at radius 1 is 1.28 bits per heavy atom. The summed E-state index contributed by atoms with van der Waals surface area (Å²) in [6.45, 7) is 3.71. The number of hydrogen-bond acceptors (Lipinski definition) is 5. The van der Waals surface area contributed by atoms with Crippen molar-refractivity contribution in [3.8, 4) is 11.8 Å². The van der Waals surface area contributed by atoms with Crippen LogP contribution in [0.3, 0.4) is 0 Å². The zero-order valence-electron chi connectivity index (χ0n) is 13.6. The van der Waals surface area contributed by atoms with Gasteiger partial charge in [-0.1, -0.05) is 23.6 Å². The molecule has 1 aromatic heterocycles. The number of aromatic nitrogens is 1. The Morgan fingerprint density at radius 3 is 2.80 bits per heavy atom. The highest BCUT2D eigenvalue weighted by atomic mass is 35.5. The number of hydrogen-bond donors (Lipinski definition) is 1. The molecule has 25 heavy (non-hydrogen) atoms. The van der Waals surface area contributed by atoms with Gasteiger partial charge in [0.15, 0.2) is 5.01 Å². The van der Waals surface area contributed by atoms with E-state index in [0.717, 1.165) is 18.7 Å². The molecule has 0 saturated carbocycles. The predicted octanol–water partition coefficient (Wildman–Crippen LogP) is 1.95. The Hall–Kier alpha value is -1.91. The zero-order chi connectivity index (χ0) is 17.6. The second-order valence-electron chi connectivity index (χ2n) is 5.65. The minimum Gasteiger partial charge on any atom is -0.395 e. The lowest BCUT2D eigenvalue weighted by Crippen LogP contribution is -2.49. The molecule has 1 amide bonds. The number of benzene rings is 1. The molecule has 2 heterocycles. The Balaban J connectivity index is 1.63. The maximum absolute atomic E-state index is 12.6. The van der Waals surface area contributed by atoms with Crippen LogP contribution in [0.1, 0.15) is 20.2 Å². The highest BCUT2D eigenvalue weighted by molar-refractivity contribution is 7.14. The molecule has 1 saturated heterocycles. The summed E-state index contributed by atoms with van der Waals surface area (Å²) in [7, 11) is 0. The van der Waals surface area contributed by atoms with E-state index in [1.165, 1.54) is 11.3 Å². The summed E-state index contributed by atoms with van der Waals surface area (Å²) >= 11 is 7.25. The van der Waals surface area contributed by atoms with Crippen LogP contribution in [0.2, 0.25) is 5.02 Å². The van der Waals surface area contributed by atoms with Crippen LogP contribution in [-0.4, -0.2) is 65.1 Å². The molecule has 1 fully saturated rings. The lowest BCUT2D eigenvalue weighted by molar-refractivity contribution is 0.0619. The molecule has 7 heteroatoms. The van der Waals surface area contributed by atoms with Gasteiger partial charge in [0.2, 0.25) is 0 Å². The van der Waals surface area contributed by atoms with E-state index in [9.17, 15) is 4.79 Å². The number of β-amino-alcohol motifs (C(OH)–C–C–N with tert-alkyl or cyclic N) is 1. The second-order valence-corrected chi connectivity index (χ2v) is 7.11. The van der Waals surface area contributed by atoms with E-state index >= 15 is 0 Å². The summed E-state index contributed by atoms with van der Waals surface area (Å²) in [6.07, 6.45) is 1.59. The summed E-state index contributed by atoms with van der Waals surface area (Å²) in [5, 5.41) is 10.2. The molecule has 5 nitrogen and oxygen atoms in total. The molecular weight excluding hydrogens is 358 g/mol. The molecule has 1 aliphatic heterocycles. The van der Waals surface area contributed by atoms with E-state index in [0.29, 0.717) is 34.5 Å². The van der Waals surface area contributed by atoms with Gasteiger partial charge >= 0.3 is 0 Å².